The van der Waals surface area contributed by atoms with E-state index in [0.29, 0.717) is 5.02 Å². The third kappa shape index (κ3) is 6.96. The lowest BCUT2D eigenvalue weighted by Crippen LogP contribution is -2.45. The average molecular weight is 470 g/mol. The maximum atomic E-state index is 12.2. The number of nitrogens with one attached hydrogen (secondary N) is 2. The van der Waals surface area contributed by atoms with Gasteiger partial charge in [-0.15, -0.1) is 0 Å². The molecule has 0 unspecified atom stereocenters. The highest BCUT2D eigenvalue weighted by Crippen LogP contribution is 2.16. The second kappa shape index (κ2) is 10.6. The van der Waals surface area contributed by atoms with Crippen molar-refractivity contribution in [1.29, 1.82) is 0 Å². The summed E-state index contributed by atoms with van der Waals surface area (Å²) in [5, 5.41) is 4.21. The van der Waals surface area contributed by atoms with E-state index in [1.54, 1.807) is 0 Å². The molecular weight excluding hydrogens is 445 g/mol. The molecule has 1 aliphatic heterocycles. The summed E-state index contributed by atoms with van der Waals surface area (Å²) in [7, 11) is -3.65. The van der Waals surface area contributed by atoms with Crippen LogP contribution in [0.1, 0.15) is 24.8 Å². The smallest absolute Gasteiger partial charge is 0.240 e. The molecule has 1 aliphatic rings. The number of amides is 1. The molecule has 162 valence electrons. The standard InChI is InChI=1S/C21H25Cl2N3O3S/c22-17-3-1-16(2-4-17)15-26-13-10-19(11-14-26)25-21(27)9-12-24-30(28,29)20-7-5-18(23)6-8-20/h1-8,19,24H,9-15H2,(H,25,27). The van der Waals surface area contributed by atoms with Crippen molar-refractivity contribution >= 4 is 39.1 Å². The average Bonchev–Trinajstić information content (AvgIpc) is 2.71. The number of hydrogen-bond acceptors (Lipinski definition) is 4. The lowest BCUT2D eigenvalue weighted by atomic mass is 10.0. The quantitative estimate of drug-likeness (QED) is 0.620. The number of sulfonamides is 1. The fourth-order valence-corrected chi connectivity index (χ4v) is 4.66. The van der Waals surface area contributed by atoms with Gasteiger partial charge in [0.2, 0.25) is 15.9 Å². The summed E-state index contributed by atoms with van der Waals surface area (Å²) < 4.78 is 26.9. The highest BCUT2D eigenvalue weighted by molar-refractivity contribution is 7.89. The Balaban J connectivity index is 1.36. The van der Waals surface area contributed by atoms with E-state index in [1.165, 1.54) is 29.8 Å². The van der Waals surface area contributed by atoms with Crippen LogP contribution < -0.4 is 10.0 Å². The predicted molar refractivity (Wildman–Crippen MR) is 119 cm³/mol. The van der Waals surface area contributed by atoms with Crippen molar-refractivity contribution in [3.63, 3.8) is 0 Å². The van der Waals surface area contributed by atoms with Crippen molar-refractivity contribution in [1.82, 2.24) is 14.9 Å². The van der Waals surface area contributed by atoms with Crippen LogP contribution in [0.15, 0.2) is 53.4 Å². The SMILES string of the molecule is O=C(CCNS(=O)(=O)c1ccc(Cl)cc1)NC1CCN(Cc2ccc(Cl)cc2)CC1. The minimum Gasteiger partial charge on any atom is -0.353 e. The normalized spacial score (nSPS) is 15.8. The molecule has 9 heteroatoms. The van der Waals surface area contributed by atoms with Gasteiger partial charge in [0.25, 0.3) is 0 Å². The first-order chi connectivity index (χ1) is 14.3. The van der Waals surface area contributed by atoms with Crippen LogP contribution in [-0.2, 0) is 21.4 Å². The Morgan fingerprint density at radius 3 is 2.13 bits per heavy atom. The molecule has 0 aliphatic carbocycles. The van der Waals surface area contributed by atoms with Gasteiger partial charge in [0.05, 0.1) is 4.90 Å². The van der Waals surface area contributed by atoms with Gasteiger partial charge in [0.1, 0.15) is 0 Å². The van der Waals surface area contributed by atoms with Crippen molar-refractivity contribution < 1.29 is 13.2 Å². The Hall–Kier alpha value is -1.64. The molecule has 1 saturated heterocycles. The van der Waals surface area contributed by atoms with Crippen molar-refractivity contribution in [2.75, 3.05) is 19.6 Å². The van der Waals surface area contributed by atoms with E-state index < -0.39 is 10.0 Å². The maximum absolute atomic E-state index is 12.2. The molecule has 2 aromatic rings. The van der Waals surface area contributed by atoms with E-state index in [0.717, 1.165) is 37.5 Å². The fraction of sp³-hybridized carbons (Fsp3) is 0.381. The first-order valence-corrected chi connectivity index (χ1v) is 12.1. The van der Waals surface area contributed by atoms with E-state index in [4.69, 9.17) is 23.2 Å². The van der Waals surface area contributed by atoms with Crippen LogP contribution in [0, 0.1) is 0 Å². The van der Waals surface area contributed by atoms with Crippen LogP contribution in [0.4, 0.5) is 0 Å². The van der Waals surface area contributed by atoms with Gasteiger partial charge < -0.3 is 5.32 Å². The molecule has 0 saturated carbocycles. The first kappa shape index (κ1) is 23.0. The second-order valence-corrected chi connectivity index (χ2v) is 9.99. The molecule has 0 bridgehead atoms. The van der Waals surface area contributed by atoms with Crippen LogP contribution in [0.5, 0.6) is 0 Å². The highest BCUT2D eigenvalue weighted by atomic mass is 35.5. The van der Waals surface area contributed by atoms with E-state index in [2.05, 4.69) is 14.9 Å². The van der Waals surface area contributed by atoms with E-state index in [9.17, 15) is 13.2 Å². The van der Waals surface area contributed by atoms with Gasteiger partial charge in [-0.25, -0.2) is 13.1 Å². The molecule has 0 radical (unpaired) electrons. The number of nitrogens with zero attached hydrogens (tertiary/aromatic N) is 1. The van der Waals surface area contributed by atoms with E-state index in [-0.39, 0.29) is 29.8 Å². The molecule has 0 atom stereocenters. The zero-order valence-electron chi connectivity index (χ0n) is 16.5. The number of carbonyl (C=O) groups is 1. The minimum absolute atomic E-state index is 0.0478. The number of hydrogen-bond donors (Lipinski definition) is 2. The van der Waals surface area contributed by atoms with Gasteiger partial charge in [-0.3, -0.25) is 9.69 Å². The van der Waals surface area contributed by atoms with Crippen LogP contribution in [0.3, 0.4) is 0 Å². The lowest BCUT2D eigenvalue weighted by Gasteiger charge is -2.32. The van der Waals surface area contributed by atoms with Gasteiger partial charge in [-0.2, -0.15) is 0 Å². The molecule has 1 heterocycles. The second-order valence-electron chi connectivity index (χ2n) is 7.35. The number of rotatable bonds is 8. The third-order valence-corrected chi connectivity index (χ3v) is 7.02. The number of benzene rings is 2. The molecule has 0 aromatic heterocycles. The van der Waals surface area contributed by atoms with E-state index in [1.807, 2.05) is 24.3 Å². The Labute approximate surface area is 187 Å². The summed E-state index contributed by atoms with van der Waals surface area (Å²) >= 11 is 11.7. The largest absolute Gasteiger partial charge is 0.353 e. The molecular formula is C21H25Cl2N3O3S. The van der Waals surface area contributed by atoms with Gasteiger partial charge in [0, 0.05) is 48.7 Å². The molecule has 0 spiro atoms. The van der Waals surface area contributed by atoms with Crippen LogP contribution in [0.25, 0.3) is 0 Å². The first-order valence-electron chi connectivity index (χ1n) is 9.83. The maximum Gasteiger partial charge on any atom is 0.240 e. The van der Waals surface area contributed by atoms with Crippen LogP contribution in [0.2, 0.25) is 10.0 Å². The Bertz CT molecular complexity index is 942. The zero-order chi connectivity index (χ0) is 21.6. The summed E-state index contributed by atoms with van der Waals surface area (Å²) in [6.45, 7) is 2.71. The Morgan fingerprint density at radius 1 is 0.967 bits per heavy atom. The number of piperidine rings is 1. The summed E-state index contributed by atoms with van der Waals surface area (Å²) in [5.41, 5.74) is 1.22. The number of halogens is 2. The highest BCUT2D eigenvalue weighted by Gasteiger charge is 2.21. The summed E-state index contributed by atoms with van der Waals surface area (Å²) in [5.74, 6) is -0.148. The van der Waals surface area contributed by atoms with Gasteiger partial charge in [-0.05, 0) is 54.8 Å². The monoisotopic (exact) mass is 469 g/mol. The molecule has 3 rings (SSSR count). The van der Waals surface area contributed by atoms with E-state index >= 15 is 0 Å². The molecule has 1 fully saturated rings. The third-order valence-electron chi connectivity index (χ3n) is 5.04. The molecule has 30 heavy (non-hydrogen) atoms. The van der Waals surface area contributed by atoms with Gasteiger partial charge in [-0.1, -0.05) is 35.3 Å². The predicted octanol–water partition coefficient (Wildman–Crippen LogP) is 3.44. The summed E-state index contributed by atoms with van der Waals surface area (Å²) in [4.78, 5) is 14.7. The van der Waals surface area contributed by atoms with Crippen molar-refractivity contribution in [3.05, 3.63) is 64.1 Å². The van der Waals surface area contributed by atoms with Crippen molar-refractivity contribution in [3.8, 4) is 0 Å². The molecule has 2 N–H and O–H groups in total. The molecule has 1 amide bonds. The zero-order valence-corrected chi connectivity index (χ0v) is 18.8. The minimum atomic E-state index is -3.65. The Kier molecular flexibility index (Phi) is 8.13. The van der Waals surface area contributed by atoms with Crippen LogP contribution in [-0.4, -0.2) is 44.9 Å². The summed E-state index contributed by atoms with van der Waals surface area (Å²) in [6, 6.07) is 13.9. The van der Waals surface area contributed by atoms with Gasteiger partial charge in [0.15, 0.2) is 0 Å². The van der Waals surface area contributed by atoms with Crippen molar-refractivity contribution in [2.24, 2.45) is 0 Å². The number of carbonyl (C=O) groups excluding carboxylic acids is 1. The lowest BCUT2D eigenvalue weighted by molar-refractivity contribution is -0.121. The molecule has 6 nitrogen and oxygen atoms in total. The summed E-state index contributed by atoms with van der Waals surface area (Å²) in [6.07, 6.45) is 1.84. The number of likely N-dealkylation sites (tertiary alicyclic amines) is 1. The van der Waals surface area contributed by atoms with Gasteiger partial charge >= 0.3 is 0 Å². The van der Waals surface area contributed by atoms with Crippen molar-refractivity contribution in [2.45, 2.75) is 36.7 Å². The topological polar surface area (TPSA) is 78.5 Å². The fourth-order valence-electron chi connectivity index (χ4n) is 3.38. The Morgan fingerprint density at radius 2 is 1.53 bits per heavy atom. The van der Waals surface area contributed by atoms with Crippen LogP contribution >= 0.6 is 23.2 Å². The molecule has 2 aromatic carbocycles.